The zero-order valence-electron chi connectivity index (χ0n) is 10.4. The highest BCUT2D eigenvalue weighted by molar-refractivity contribution is 5.66. The van der Waals surface area contributed by atoms with Gasteiger partial charge in [-0.3, -0.25) is 0 Å². The second-order valence-electron chi connectivity index (χ2n) is 4.93. The van der Waals surface area contributed by atoms with Gasteiger partial charge in [-0.1, -0.05) is 6.07 Å². The Hall–Kier alpha value is -1.61. The quantitative estimate of drug-likeness (QED) is 0.889. The van der Waals surface area contributed by atoms with Crippen molar-refractivity contribution in [2.24, 2.45) is 0 Å². The molecule has 3 heteroatoms. The van der Waals surface area contributed by atoms with Crippen LogP contribution in [0.1, 0.15) is 24.2 Å². The van der Waals surface area contributed by atoms with Gasteiger partial charge in [-0.05, 0) is 49.1 Å². The molecule has 1 aromatic carbocycles. The Balaban J connectivity index is 1.87. The highest BCUT2D eigenvalue weighted by Crippen LogP contribution is 2.27. The summed E-state index contributed by atoms with van der Waals surface area (Å²) in [6, 6.07) is 7.61. The summed E-state index contributed by atoms with van der Waals surface area (Å²) < 4.78 is 18.9. The SMILES string of the molecule is Cc1cc(F)cc(-c2ccoc2CNC2CC2)c1. The van der Waals surface area contributed by atoms with E-state index in [0.717, 1.165) is 22.5 Å². The molecule has 0 bridgehead atoms. The fourth-order valence-corrected chi connectivity index (χ4v) is 2.15. The Bertz CT molecular complexity index is 537. The smallest absolute Gasteiger partial charge is 0.125 e. The molecule has 1 aromatic heterocycles. The van der Waals surface area contributed by atoms with Gasteiger partial charge >= 0.3 is 0 Å². The van der Waals surface area contributed by atoms with Crippen LogP contribution in [0.15, 0.2) is 34.9 Å². The van der Waals surface area contributed by atoms with Gasteiger partial charge in [0.2, 0.25) is 0 Å². The van der Waals surface area contributed by atoms with E-state index < -0.39 is 0 Å². The monoisotopic (exact) mass is 245 g/mol. The molecular formula is C15H16FNO. The highest BCUT2D eigenvalue weighted by Gasteiger charge is 2.21. The molecule has 0 unspecified atom stereocenters. The van der Waals surface area contributed by atoms with Gasteiger partial charge in [0.15, 0.2) is 0 Å². The van der Waals surface area contributed by atoms with Crippen LogP contribution >= 0.6 is 0 Å². The number of furan rings is 1. The highest BCUT2D eigenvalue weighted by atomic mass is 19.1. The molecule has 3 rings (SSSR count). The molecule has 0 amide bonds. The predicted octanol–water partition coefficient (Wildman–Crippen LogP) is 3.65. The second kappa shape index (κ2) is 4.58. The number of hydrogen-bond donors (Lipinski definition) is 1. The Labute approximate surface area is 106 Å². The number of benzene rings is 1. The third-order valence-corrected chi connectivity index (χ3v) is 3.23. The van der Waals surface area contributed by atoms with Crippen molar-refractivity contribution in [1.82, 2.24) is 5.32 Å². The van der Waals surface area contributed by atoms with Gasteiger partial charge in [0, 0.05) is 11.6 Å². The first-order chi connectivity index (χ1) is 8.72. The first kappa shape index (κ1) is 11.5. The molecule has 2 nitrogen and oxygen atoms in total. The summed E-state index contributed by atoms with van der Waals surface area (Å²) >= 11 is 0. The van der Waals surface area contributed by atoms with Gasteiger partial charge in [0.1, 0.15) is 11.6 Å². The molecule has 0 spiro atoms. The first-order valence-electron chi connectivity index (χ1n) is 6.30. The van der Waals surface area contributed by atoms with Crippen molar-refractivity contribution in [3.63, 3.8) is 0 Å². The summed E-state index contributed by atoms with van der Waals surface area (Å²) in [5, 5.41) is 3.41. The topological polar surface area (TPSA) is 25.2 Å². The zero-order valence-corrected chi connectivity index (χ0v) is 10.4. The lowest BCUT2D eigenvalue weighted by Crippen LogP contribution is -2.15. The molecular weight excluding hydrogens is 229 g/mol. The van der Waals surface area contributed by atoms with Crippen molar-refractivity contribution in [1.29, 1.82) is 0 Å². The molecule has 0 atom stereocenters. The number of rotatable bonds is 4. The third kappa shape index (κ3) is 2.46. The second-order valence-corrected chi connectivity index (χ2v) is 4.93. The summed E-state index contributed by atoms with van der Waals surface area (Å²) in [6.45, 7) is 2.61. The van der Waals surface area contributed by atoms with Crippen LogP contribution in [-0.2, 0) is 6.54 Å². The molecule has 0 saturated heterocycles. The Kier molecular flexibility index (Phi) is 2.92. The van der Waals surface area contributed by atoms with Crippen molar-refractivity contribution >= 4 is 0 Å². The lowest BCUT2D eigenvalue weighted by atomic mass is 10.0. The normalized spacial score (nSPS) is 15.0. The maximum Gasteiger partial charge on any atom is 0.125 e. The van der Waals surface area contributed by atoms with Crippen molar-refractivity contribution in [2.45, 2.75) is 32.4 Å². The first-order valence-corrected chi connectivity index (χ1v) is 6.30. The third-order valence-electron chi connectivity index (χ3n) is 3.23. The number of aryl methyl sites for hydroxylation is 1. The fourth-order valence-electron chi connectivity index (χ4n) is 2.15. The van der Waals surface area contributed by atoms with E-state index in [4.69, 9.17) is 4.42 Å². The van der Waals surface area contributed by atoms with Gasteiger partial charge in [-0.25, -0.2) is 4.39 Å². The molecule has 18 heavy (non-hydrogen) atoms. The summed E-state index contributed by atoms with van der Waals surface area (Å²) in [5.41, 5.74) is 2.78. The number of hydrogen-bond acceptors (Lipinski definition) is 2. The average molecular weight is 245 g/mol. The predicted molar refractivity (Wildman–Crippen MR) is 68.7 cm³/mol. The molecule has 94 valence electrons. The average Bonchev–Trinajstić information content (AvgIpc) is 3.02. The van der Waals surface area contributed by atoms with Gasteiger partial charge in [-0.15, -0.1) is 0 Å². The van der Waals surface area contributed by atoms with E-state index in [1.54, 1.807) is 12.3 Å². The van der Waals surface area contributed by atoms with Crippen molar-refractivity contribution < 1.29 is 8.81 Å². The standard InChI is InChI=1S/C15H16FNO/c1-10-6-11(8-12(16)7-10)14-4-5-18-15(14)9-17-13-2-3-13/h4-8,13,17H,2-3,9H2,1H3. The largest absolute Gasteiger partial charge is 0.467 e. The maximum absolute atomic E-state index is 13.4. The van der Waals surface area contributed by atoms with Gasteiger partial charge in [-0.2, -0.15) is 0 Å². The van der Waals surface area contributed by atoms with E-state index in [1.807, 2.05) is 19.1 Å². The zero-order chi connectivity index (χ0) is 12.5. The molecule has 0 radical (unpaired) electrons. The number of halogens is 1. The minimum Gasteiger partial charge on any atom is -0.467 e. The molecule has 1 aliphatic carbocycles. The van der Waals surface area contributed by atoms with Crippen molar-refractivity contribution in [2.75, 3.05) is 0 Å². The Morgan fingerprint density at radius 3 is 2.89 bits per heavy atom. The van der Waals surface area contributed by atoms with E-state index in [2.05, 4.69) is 5.32 Å². The molecule has 2 aromatic rings. The van der Waals surface area contributed by atoms with Crippen LogP contribution in [0.25, 0.3) is 11.1 Å². The van der Waals surface area contributed by atoms with E-state index >= 15 is 0 Å². The van der Waals surface area contributed by atoms with Crippen LogP contribution in [0.3, 0.4) is 0 Å². The summed E-state index contributed by atoms with van der Waals surface area (Å²) in [5.74, 6) is 0.680. The number of nitrogens with one attached hydrogen (secondary N) is 1. The van der Waals surface area contributed by atoms with Crippen LogP contribution in [0, 0.1) is 12.7 Å². The molecule has 0 aliphatic heterocycles. The van der Waals surface area contributed by atoms with Crippen LogP contribution in [-0.4, -0.2) is 6.04 Å². The van der Waals surface area contributed by atoms with E-state index in [1.165, 1.54) is 18.9 Å². The Morgan fingerprint density at radius 2 is 2.17 bits per heavy atom. The Morgan fingerprint density at radius 1 is 1.33 bits per heavy atom. The van der Waals surface area contributed by atoms with Gasteiger partial charge in [0.25, 0.3) is 0 Å². The lowest BCUT2D eigenvalue weighted by Gasteiger charge is -2.05. The fraction of sp³-hybridized carbons (Fsp3) is 0.333. The molecule has 1 heterocycles. The van der Waals surface area contributed by atoms with E-state index in [-0.39, 0.29) is 5.82 Å². The van der Waals surface area contributed by atoms with E-state index in [0.29, 0.717) is 12.6 Å². The summed E-state index contributed by atoms with van der Waals surface area (Å²) in [6.07, 6.45) is 4.16. The summed E-state index contributed by atoms with van der Waals surface area (Å²) in [7, 11) is 0. The van der Waals surface area contributed by atoms with Crippen LogP contribution in [0.5, 0.6) is 0 Å². The summed E-state index contributed by atoms with van der Waals surface area (Å²) in [4.78, 5) is 0. The van der Waals surface area contributed by atoms with Crippen LogP contribution in [0.4, 0.5) is 4.39 Å². The molecule has 1 N–H and O–H groups in total. The van der Waals surface area contributed by atoms with Crippen molar-refractivity contribution in [3.05, 3.63) is 47.7 Å². The van der Waals surface area contributed by atoms with Gasteiger partial charge < -0.3 is 9.73 Å². The van der Waals surface area contributed by atoms with Gasteiger partial charge in [0.05, 0.1) is 12.8 Å². The maximum atomic E-state index is 13.4. The molecule has 1 saturated carbocycles. The van der Waals surface area contributed by atoms with Crippen LogP contribution < -0.4 is 5.32 Å². The van der Waals surface area contributed by atoms with Crippen LogP contribution in [0.2, 0.25) is 0 Å². The molecule has 1 fully saturated rings. The minimum atomic E-state index is -0.202. The molecule has 1 aliphatic rings. The van der Waals surface area contributed by atoms with Crippen molar-refractivity contribution in [3.8, 4) is 11.1 Å². The lowest BCUT2D eigenvalue weighted by molar-refractivity contribution is 0.483. The minimum absolute atomic E-state index is 0.202. The van der Waals surface area contributed by atoms with E-state index in [9.17, 15) is 4.39 Å².